The van der Waals surface area contributed by atoms with Gasteiger partial charge in [0.05, 0.1) is 22.2 Å². The Labute approximate surface area is 90.6 Å². The van der Waals surface area contributed by atoms with Crippen LogP contribution in [-0.4, -0.2) is 12.6 Å². The predicted octanol–water partition coefficient (Wildman–Crippen LogP) is 3.31. The van der Waals surface area contributed by atoms with E-state index in [9.17, 15) is 9.18 Å². The highest BCUT2D eigenvalue weighted by Gasteiger charge is 2.16. The molecule has 0 aliphatic heterocycles. The first-order valence-corrected chi connectivity index (χ1v) is 4.64. The molecular formula is C9H7Cl2FO2. The van der Waals surface area contributed by atoms with Crippen molar-refractivity contribution in [2.45, 2.75) is 6.92 Å². The van der Waals surface area contributed by atoms with Crippen molar-refractivity contribution < 1.29 is 13.9 Å². The summed E-state index contributed by atoms with van der Waals surface area (Å²) in [5.74, 6) is -1.27. The van der Waals surface area contributed by atoms with Gasteiger partial charge in [-0.05, 0) is 19.1 Å². The molecular weight excluding hydrogens is 230 g/mol. The van der Waals surface area contributed by atoms with Crippen molar-refractivity contribution in [3.05, 3.63) is 33.6 Å². The van der Waals surface area contributed by atoms with E-state index in [0.717, 1.165) is 6.07 Å². The van der Waals surface area contributed by atoms with E-state index in [-0.39, 0.29) is 22.2 Å². The first-order chi connectivity index (χ1) is 6.57. The SMILES string of the molecule is CCOC(=O)c1ccc(F)c(Cl)c1Cl. The minimum Gasteiger partial charge on any atom is -0.462 e. The number of esters is 1. The Morgan fingerprint density at radius 1 is 1.43 bits per heavy atom. The molecule has 1 rings (SSSR count). The van der Waals surface area contributed by atoms with Gasteiger partial charge in [0.1, 0.15) is 5.82 Å². The van der Waals surface area contributed by atoms with E-state index in [2.05, 4.69) is 0 Å². The van der Waals surface area contributed by atoms with Crippen LogP contribution in [0, 0.1) is 5.82 Å². The summed E-state index contributed by atoms with van der Waals surface area (Å²) >= 11 is 11.2. The number of ether oxygens (including phenoxy) is 1. The third-order valence-corrected chi connectivity index (χ3v) is 2.39. The van der Waals surface area contributed by atoms with Gasteiger partial charge in [-0.2, -0.15) is 0 Å². The Balaban J connectivity index is 3.11. The van der Waals surface area contributed by atoms with Gasteiger partial charge in [0.2, 0.25) is 0 Å². The van der Waals surface area contributed by atoms with E-state index in [1.165, 1.54) is 6.07 Å². The summed E-state index contributed by atoms with van der Waals surface area (Å²) in [6, 6.07) is 2.31. The first kappa shape index (κ1) is 11.3. The molecule has 1 aromatic rings. The fourth-order valence-electron chi connectivity index (χ4n) is 0.892. The second kappa shape index (κ2) is 4.62. The molecule has 5 heteroatoms. The maximum absolute atomic E-state index is 12.8. The number of benzene rings is 1. The normalized spacial score (nSPS) is 10.0. The molecule has 0 saturated heterocycles. The summed E-state index contributed by atoms with van der Waals surface area (Å²) in [6.07, 6.45) is 0. The Bertz CT molecular complexity index is 366. The van der Waals surface area contributed by atoms with Gasteiger partial charge in [0, 0.05) is 0 Å². The summed E-state index contributed by atoms with van der Waals surface area (Å²) in [5.41, 5.74) is 0.0694. The van der Waals surface area contributed by atoms with E-state index in [4.69, 9.17) is 27.9 Å². The first-order valence-electron chi connectivity index (χ1n) is 3.88. The lowest BCUT2D eigenvalue weighted by Gasteiger charge is -2.05. The van der Waals surface area contributed by atoms with Crippen molar-refractivity contribution in [3.63, 3.8) is 0 Å². The second-order valence-electron chi connectivity index (χ2n) is 2.44. The van der Waals surface area contributed by atoms with E-state index in [1.807, 2.05) is 0 Å². The molecule has 0 aromatic heterocycles. The standard InChI is InChI=1S/C9H7Cl2FO2/c1-2-14-9(13)5-3-4-6(12)8(11)7(5)10/h3-4H,2H2,1H3. The van der Waals surface area contributed by atoms with Gasteiger partial charge in [0.15, 0.2) is 0 Å². The minimum atomic E-state index is -0.662. The van der Waals surface area contributed by atoms with Crippen LogP contribution in [0.4, 0.5) is 4.39 Å². The Morgan fingerprint density at radius 3 is 2.64 bits per heavy atom. The highest BCUT2D eigenvalue weighted by atomic mass is 35.5. The van der Waals surface area contributed by atoms with Gasteiger partial charge in [-0.25, -0.2) is 9.18 Å². The highest BCUT2D eigenvalue weighted by molar-refractivity contribution is 6.43. The zero-order chi connectivity index (χ0) is 10.7. The molecule has 0 fully saturated rings. The molecule has 0 amide bonds. The fraction of sp³-hybridized carbons (Fsp3) is 0.222. The maximum Gasteiger partial charge on any atom is 0.339 e. The van der Waals surface area contributed by atoms with Crippen molar-refractivity contribution in [1.82, 2.24) is 0 Å². The van der Waals surface area contributed by atoms with Gasteiger partial charge in [0.25, 0.3) is 0 Å². The van der Waals surface area contributed by atoms with Crippen molar-refractivity contribution in [2.75, 3.05) is 6.61 Å². The Morgan fingerprint density at radius 2 is 2.07 bits per heavy atom. The molecule has 1 aromatic carbocycles. The summed E-state index contributed by atoms with van der Waals surface area (Å²) in [7, 11) is 0. The van der Waals surface area contributed by atoms with E-state index in [1.54, 1.807) is 6.92 Å². The number of halogens is 3. The largest absolute Gasteiger partial charge is 0.462 e. The van der Waals surface area contributed by atoms with Crippen molar-refractivity contribution in [1.29, 1.82) is 0 Å². The maximum atomic E-state index is 12.8. The van der Waals surface area contributed by atoms with Crippen LogP contribution in [0.1, 0.15) is 17.3 Å². The minimum absolute atomic E-state index is 0.0694. The molecule has 0 N–H and O–H groups in total. The lowest BCUT2D eigenvalue weighted by molar-refractivity contribution is 0.0526. The van der Waals surface area contributed by atoms with Crippen LogP contribution >= 0.6 is 23.2 Å². The lowest BCUT2D eigenvalue weighted by atomic mass is 10.2. The molecule has 0 heterocycles. The molecule has 0 radical (unpaired) electrons. The number of hydrogen-bond acceptors (Lipinski definition) is 2. The van der Waals surface area contributed by atoms with E-state index < -0.39 is 11.8 Å². The lowest BCUT2D eigenvalue weighted by Crippen LogP contribution is -2.05. The van der Waals surface area contributed by atoms with Crippen LogP contribution in [0.3, 0.4) is 0 Å². The average Bonchev–Trinajstić information content (AvgIpc) is 2.15. The van der Waals surface area contributed by atoms with Crippen LogP contribution in [0.25, 0.3) is 0 Å². The van der Waals surface area contributed by atoms with Crippen LogP contribution < -0.4 is 0 Å². The average molecular weight is 237 g/mol. The van der Waals surface area contributed by atoms with Gasteiger partial charge >= 0.3 is 5.97 Å². The summed E-state index contributed by atoms with van der Waals surface area (Å²) in [4.78, 5) is 11.2. The van der Waals surface area contributed by atoms with Gasteiger partial charge in [-0.15, -0.1) is 0 Å². The van der Waals surface area contributed by atoms with E-state index in [0.29, 0.717) is 0 Å². The highest BCUT2D eigenvalue weighted by Crippen LogP contribution is 2.28. The van der Waals surface area contributed by atoms with Crippen molar-refractivity contribution >= 4 is 29.2 Å². The smallest absolute Gasteiger partial charge is 0.339 e. The molecule has 0 atom stereocenters. The van der Waals surface area contributed by atoms with Crippen LogP contribution in [0.15, 0.2) is 12.1 Å². The predicted molar refractivity (Wildman–Crippen MR) is 52.4 cm³/mol. The number of carbonyl (C=O) groups is 1. The third-order valence-electron chi connectivity index (χ3n) is 1.53. The van der Waals surface area contributed by atoms with Gasteiger partial charge < -0.3 is 4.74 Å². The Kier molecular flexibility index (Phi) is 3.72. The molecule has 76 valence electrons. The molecule has 0 saturated carbocycles. The van der Waals surface area contributed by atoms with Crippen LogP contribution in [0.5, 0.6) is 0 Å². The van der Waals surface area contributed by atoms with Gasteiger partial charge in [-0.1, -0.05) is 23.2 Å². The van der Waals surface area contributed by atoms with Gasteiger partial charge in [-0.3, -0.25) is 0 Å². The second-order valence-corrected chi connectivity index (χ2v) is 3.20. The fourth-order valence-corrected chi connectivity index (χ4v) is 1.29. The zero-order valence-electron chi connectivity index (χ0n) is 7.31. The molecule has 0 aliphatic rings. The molecule has 0 aliphatic carbocycles. The van der Waals surface area contributed by atoms with Crippen LogP contribution in [-0.2, 0) is 4.74 Å². The molecule has 0 unspecified atom stereocenters. The molecule has 0 spiro atoms. The van der Waals surface area contributed by atoms with Crippen LogP contribution in [0.2, 0.25) is 10.0 Å². The number of carbonyl (C=O) groups excluding carboxylic acids is 1. The van der Waals surface area contributed by atoms with Crippen molar-refractivity contribution in [2.24, 2.45) is 0 Å². The summed E-state index contributed by atoms with van der Waals surface area (Å²) in [6.45, 7) is 1.89. The molecule has 0 bridgehead atoms. The van der Waals surface area contributed by atoms with Crippen molar-refractivity contribution in [3.8, 4) is 0 Å². The quantitative estimate of drug-likeness (QED) is 0.582. The molecule has 2 nitrogen and oxygen atoms in total. The summed E-state index contributed by atoms with van der Waals surface area (Å²) in [5, 5.41) is -0.387. The number of rotatable bonds is 2. The summed E-state index contributed by atoms with van der Waals surface area (Å²) < 4.78 is 17.5. The number of hydrogen-bond donors (Lipinski definition) is 0. The monoisotopic (exact) mass is 236 g/mol. The Hall–Kier alpha value is -0.800. The molecule has 14 heavy (non-hydrogen) atoms. The topological polar surface area (TPSA) is 26.3 Å². The third kappa shape index (κ3) is 2.16. The van der Waals surface area contributed by atoms with E-state index >= 15 is 0 Å². The zero-order valence-corrected chi connectivity index (χ0v) is 8.82.